The lowest BCUT2D eigenvalue weighted by Crippen LogP contribution is -2.50. The van der Waals surface area contributed by atoms with Crippen LogP contribution in [0.2, 0.25) is 0 Å². The second kappa shape index (κ2) is 8.06. The highest BCUT2D eigenvalue weighted by Gasteiger charge is 2.38. The number of hydrogen-bond donors (Lipinski definition) is 0. The smallest absolute Gasteiger partial charge is 0.255 e. The maximum absolute atomic E-state index is 13.2. The third-order valence-electron chi connectivity index (χ3n) is 7.17. The Morgan fingerprint density at radius 1 is 1.13 bits per heavy atom. The van der Waals surface area contributed by atoms with E-state index in [2.05, 4.69) is 15.9 Å². The molecule has 4 heterocycles. The highest BCUT2D eigenvalue weighted by molar-refractivity contribution is 5.79. The number of carbonyl (C=O) groups excluding carboxylic acids is 1. The number of hydrogen-bond acceptors (Lipinski definition) is 4. The minimum absolute atomic E-state index is 0.136. The first kappa shape index (κ1) is 19.6. The molecule has 0 N–H and O–H groups in total. The van der Waals surface area contributed by atoms with Gasteiger partial charge in [-0.05, 0) is 44.4 Å². The van der Waals surface area contributed by atoms with Crippen molar-refractivity contribution < 1.29 is 9.21 Å². The molecule has 2 atom stereocenters. The Bertz CT molecular complexity index is 959. The summed E-state index contributed by atoms with van der Waals surface area (Å²) in [4.78, 5) is 30.5. The van der Waals surface area contributed by atoms with Gasteiger partial charge >= 0.3 is 0 Å². The van der Waals surface area contributed by atoms with E-state index in [1.165, 1.54) is 12.8 Å². The average molecular weight is 410 g/mol. The van der Waals surface area contributed by atoms with Crippen molar-refractivity contribution in [3.05, 3.63) is 57.9 Å². The Labute approximate surface area is 177 Å². The van der Waals surface area contributed by atoms with Gasteiger partial charge in [-0.3, -0.25) is 14.5 Å². The lowest BCUT2D eigenvalue weighted by atomic mass is 9.82. The molecule has 0 unspecified atom stereocenters. The molecular formula is C24H31N3O3. The lowest BCUT2D eigenvalue weighted by molar-refractivity contribution is -0.138. The normalized spacial score (nSPS) is 23.7. The van der Waals surface area contributed by atoms with E-state index in [1.807, 2.05) is 23.7 Å². The Hall–Kier alpha value is -2.34. The third-order valence-corrected chi connectivity index (χ3v) is 7.17. The summed E-state index contributed by atoms with van der Waals surface area (Å²) in [5, 5.41) is 0. The highest BCUT2D eigenvalue weighted by Crippen LogP contribution is 2.37. The fraction of sp³-hybridized carbons (Fsp3) is 0.583. The number of piperidine rings is 1. The van der Waals surface area contributed by atoms with Crippen molar-refractivity contribution in [2.45, 2.75) is 57.7 Å². The maximum atomic E-state index is 13.2. The van der Waals surface area contributed by atoms with Crippen LogP contribution in [0.25, 0.3) is 0 Å². The Morgan fingerprint density at radius 3 is 2.73 bits per heavy atom. The zero-order valence-corrected chi connectivity index (χ0v) is 17.8. The van der Waals surface area contributed by atoms with Gasteiger partial charge in [0.05, 0.1) is 12.5 Å². The fourth-order valence-corrected chi connectivity index (χ4v) is 5.76. The molecule has 0 aromatic carbocycles. The number of aromatic nitrogens is 1. The molecule has 1 saturated carbocycles. The van der Waals surface area contributed by atoms with Gasteiger partial charge in [0.1, 0.15) is 0 Å². The molecule has 30 heavy (non-hydrogen) atoms. The molecular weight excluding hydrogens is 378 g/mol. The van der Waals surface area contributed by atoms with E-state index in [9.17, 15) is 9.59 Å². The molecule has 2 aromatic heterocycles. The van der Waals surface area contributed by atoms with Crippen LogP contribution in [0.15, 0.2) is 39.9 Å². The molecule has 6 nitrogen and oxygen atoms in total. The van der Waals surface area contributed by atoms with Crippen LogP contribution >= 0.6 is 0 Å². The summed E-state index contributed by atoms with van der Waals surface area (Å²) in [7, 11) is 2.03. The van der Waals surface area contributed by atoms with E-state index >= 15 is 0 Å². The zero-order chi connectivity index (χ0) is 20.7. The van der Waals surface area contributed by atoms with Crippen molar-refractivity contribution in [1.82, 2.24) is 14.4 Å². The second-order valence-corrected chi connectivity index (χ2v) is 9.53. The monoisotopic (exact) mass is 409 g/mol. The number of likely N-dealkylation sites (tertiary alicyclic amines) is 1. The Kier molecular flexibility index (Phi) is 5.27. The quantitative estimate of drug-likeness (QED) is 0.761. The Morgan fingerprint density at radius 2 is 1.97 bits per heavy atom. The van der Waals surface area contributed by atoms with Crippen LogP contribution in [0.5, 0.6) is 0 Å². The van der Waals surface area contributed by atoms with Gasteiger partial charge in [0.15, 0.2) is 0 Å². The SMILES string of the molecule is CN(Cc1ccoc1)Cc1ccc2n(c1=O)C[C@H]1C[C@@H]2CN(C(=O)C2CCCC2)C1. The summed E-state index contributed by atoms with van der Waals surface area (Å²) in [5.74, 6) is 1.26. The van der Waals surface area contributed by atoms with Gasteiger partial charge < -0.3 is 13.9 Å². The molecule has 2 aliphatic heterocycles. The van der Waals surface area contributed by atoms with E-state index < -0.39 is 0 Å². The first-order valence-electron chi connectivity index (χ1n) is 11.3. The maximum Gasteiger partial charge on any atom is 0.255 e. The first-order chi connectivity index (χ1) is 14.6. The Balaban J connectivity index is 1.32. The highest BCUT2D eigenvalue weighted by atomic mass is 16.3. The van der Waals surface area contributed by atoms with Gasteiger partial charge in [-0.15, -0.1) is 0 Å². The van der Waals surface area contributed by atoms with Gasteiger partial charge in [-0.25, -0.2) is 0 Å². The van der Waals surface area contributed by atoms with Crippen molar-refractivity contribution in [1.29, 1.82) is 0 Å². The number of pyridine rings is 1. The van der Waals surface area contributed by atoms with Crippen LogP contribution < -0.4 is 5.56 Å². The van der Waals surface area contributed by atoms with Crippen LogP contribution in [0.1, 0.15) is 54.8 Å². The van der Waals surface area contributed by atoms with Crippen molar-refractivity contribution >= 4 is 5.91 Å². The van der Waals surface area contributed by atoms with Crippen LogP contribution in [0, 0.1) is 11.8 Å². The summed E-state index contributed by atoms with van der Waals surface area (Å²) in [6.07, 6.45) is 8.99. The van der Waals surface area contributed by atoms with Gasteiger partial charge in [0, 0.05) is 61.4 Å². The van der Waals surface area contributed by atoms with Gasteiger partial charge in [0.2, 0.25) is 5.91 Å². The largest absolute Gasteiger partial charge is 0.472 e. The molecule has 2 fully saturated rings. The molecule has 0 spiro atoms. The molecule has 1 amide bonds. The van der Waals surface area contributed by atoms with Crippen LogP contribution in [-0.4, -0.2) is 40.4 Å². The average Bonchev–Trinajstić information content (AvgIpc) is 3.44. The summed E-state index contributed by atoms with van der Waals surface area (Å²) in [5.41, 5.74) is 3.19. The van der Waals surface area contributed by atoms with Crippen molar-refractivity contribution in [2.75, 3.05) is 20.1 Å². The number of rotatable bonds is 5. The molecule has 3 aliphatic rings. The van der Waals surface area contributed by atoms with E-state index in [0.29, 0.717) is 18.4 Å². The van der Waals surface area contributed by atoms with E-state index in [-0.39, 0.29) is 17.4 Å². The summed E-state index contributed by atoms with van der Waals surface area (Å²) in [6.45, 7) is 3.68. The van der Waals surface area contributed by atoms with E-state index in [0.717, 1.165) is 62.3 Å². The van der Waals surface area contributed by atoms with Gasteiger partial charge in [-0.1, -0.05) is 18.9 Å². The van der Waals surface area contributed by atoms with Gasteiger partial charge in [-0.2, -0.15) is 0 Å². The molecule has 5 rings (SSSR count). The van der Waals surface area contributed by atoms with Crippen molar-refractivity contribution in [3.63, 3.8) is 0 Å². The molecule has 1 aliphatic carbocycles. The minimum Gasteiger partial charge on any atom is -0.472 e. The molecule has 0 radical (unpaired) electrons. The predicted octanol–water partition coefficient (Wildman–Crippen LogP) is 3.21. The van der Waals surface area contributed by atoms with Crippen LogP contribution in [0.4, 0.5) is 0 Å². The lowest BCUT2D eigenvalue weighted by Gasteiger charge is -2.43. The van der Waals surface area contributed by atoms with E-state index in [1.54, 1.807) is 12.5 Å². The standard InChI is InChI=1S/C24H31N3O3/c1-25(11-17-8-9-30-16-17)14-20-6-7-22-21-10-18(13-27(22)24(20)29)12-26(15-21)23(28)19-4-2-3-5-19/h6-9,16,18-19,21H,2-5,10-15H2,1H3/t18-,21+/m0/s1. The second-order valence-electron chi connectivity index (χ2n) is 9.53. The topological polar surface area (TPSA) is 58.7 Å². The summed E-state index contributed by atoms with van der Waals surface area (Å²) < 4.78 is 7.14. The molecule has 160 valence electrons. The van der Waals surface area contributed by atoms with Gasteiger partial charge in [0.25, 0.3) is 5.56 Å². The van der Waals surface area contributed by atoms with Crippen LogP contribution in [0.3, 0.4) is 0 Å². The molecule has 1 saturated heterocycles. The van der Waals surface area contributed by atoms with Crippen LogP contribution in [-0.2, 0) is 24.4 Å². The number of fused-ring (bicyclic) bond motifs is 4. The molecule has 2 aromatic rings. The predicted molar refractivity (Wildman–Crippen MR) is 114 cm³/mol. The number of furan rings is 1. The molecule has 6 heteroatoms. The van der Waals surface area contributed by atoms with E-state index in [4.69, 9.17) is 4.42 Å². The first-order valence-corrected chi connectivity index (χ1v) is 11.3. The zero-order valence-electron chi connectivity index (χ0n) is 17.8. The van der Waals surface area contributed by atoms with Crippen molar-refractivity contribution in [2.24, 2.45) is 11.8 Å². The fourth-order valence-electron chi connectivity index (χ4n) is 5.76. The molecule has 2 bridgehead atoms. The number of amides is 1. The summed E-state index contributed by atoms with van der Waals surface area (Å²) >= 11 is 0. The third kappa shape index (κ3) is 3.73. The number of nitrogens with zero attached hydrogens (tertiary/aromatic N) is 3. The van der Waals surface area contributed by atoms with Crippen molar-refractivity contribution in [3.8, 4) is 0 Å². The number of carbonyl (C=O) groups is 1. The minimum atomic E-state index is 0.136. The summed E-state index contributed by atoms with van der Waals surface area (Å²) in [6, 6.07) is 6.08.